The largest absolute Gasteiger partial charge is 0.398 e. The molecule has 0 aliphatic heterocycles. The number of nitrogen functional groups attached to an aromatic ring is 1. The summed E-state index contributed by atoms with van der Waals surface area (Å²) in [6, 6.07) is 64.1. The topological polar surface area (TPSA) is 61.9 Å². The maximum absolute atomic E-state index is 6.40. The van der Waals surface area contributed by atoms with E-state index in [1.807, 2.05) is 63.4 Å². The van der Waals surface area contributed by atoms with Crippen LogP contribution in [-0.4, -0.2) is 9.13 Å². The molecule has 2 aromatic heterocycles. The molecule has 0 radical (unpaired) electrons. The van der Waals surface area contributed by atoms with Crippen molar-refractivity contribution in [3.63, 3.8) is 0 Å². The van der Waals surface area contributed by atoms with E-state index in [4.69, 9.17) is 11.5 Å². The Labute approximate surface area is 416 Å². The highest BCUT2D eigenvalue weighted by molar-refractivity contribution is 6.10. The number of benzene rings is 8. The molecule has 0 saturated carbocycles. The zero-order valence-electron chi connectivity index (χ0n) is 41.9. The van der Waals surface area contributed by atoms with Crippen LogP contribution in [-0.2, 0) is 6.42 Å². The lowest BCUT2D eigenvalue weighted by Gasteiger charge is -2.18. The van der Waals surface area contributed by atoms with Crippen molar-refractivity contribution in [3.05, 3.63) is 247 Å². The van der Waals surface area contributed by atoms with Crippen LogP contribution >= 0.6 is 0 Å². The first-order chi connectivity index (χ1) is 34.3. The van der Waals surface area contributed by atoms with Gasteiger partial charge in [-0.2, -0.15) is 0 Å². The first-order valence-corrected chi connectivity index (χ1v) is 24.8. The summed E-state index contributed by atoms with van der Waals surface area (Å²) in [6.07, 6.45) is 13.2. The molecule has 0 fully saturated rings. The fraction of sp³-hybridized carbons (Fsp3) is 0.152. The third-order valence-corrected chi connectivity index (χ3v) is 12.5. The van der Waals surface area contributed by atoms with Gasteiger partial charge in [0.1, 0.15) is 0 Å². The van der Waals surface area contributed by atoms with Gasteiger partial charge in [0, 0.05) is 45.0 Å². The Balaban J connectivity index is 0.000000180. The Morgan fingerprint density at radius 2 is 1.20 bits per heavy atom. The van der Waals surface area contributed by atoms with Crippen molar-refractivity contribution < 1.29 is 0 Å². The summed E-state index contributed by atoms with van der Waals surface area (Å²) < 4.78 is 4.67. The molecule has 4 N–H and O–H groups in total. The molecule has 0 saturated heterocycles. The molecule has 0 bridgehead atoms. The Morgan fingerprint density at radius 3 is 1.87 bits per heavy atom. The monoisotopic (exact) mass is 917 g/mol. The van der Waals surface area contributed by atoms with Gasteiger partial charge in [-0.15, -0.1) is 0 Å². The molecule has 1 atom stereocenters. The standard InChI is InChI=1S/C33H26N2.C23H20N2.C5H8.C3H8.C2H6/c1-3-34-30-10-6-4-8-26(30)28-18-14-24(21-33(28)34)23-15-19-32-29(20-23)27-9-5-7-11-31(27)35(32)25-16-12-22(2)13-17-25;24-22-8-4-3-7-21(22)23(25)18-12-9-17(10-13-18)20-14-11-16-5-1-2-6-19(16)15-20;1-3-5-4-2;1-3-2;1-2/h3-14,16-18,20-21H,1,15,19H2,2H3;1-15,23H,24-25H2;3-5H,1H2,2H3;3H2,1-2H3;1-2H3/b;;5-4-;;. The average molecular weight is 917 g/mol. The zero-order valence-corrected chi connectivity index (χ0v) is 41.9. The number of rotatable bonds is 7. The third kappa shape index (κ3) is 10.8. The van der Waals surface area contributed by atoms with E-state index < -0.39 is 0 Å². The Hall–Kier alpha value is -7.92. The van der Waals surface area contributed by atoms with E-state index in [9.17, 15) is 0 Å². The maximum Gasteiger partial charge on any atom is 0.0572 e. The number of anilines is 1. The molecule has 4 heteroatoms. The second-order valence-corrected chi connectivity index (χ2v) is 17.3. The molecule has 0 spiro atoms. The van der Waals surface area contributed by atoms with Gasteiger partial charge < -0.3 is 20.6 Å². The molecule has 4 nitrogen and oxygen atoms in total. The smallest absolute Gasteiger partial charge is 0.0572 e. The molecular formula is C66H68N4. The highest BCUT2D eigenvalue weighted by atomic mass is 15.0. The maximum atomic E-state index is 6.40. The summed E-state index contributed by atoms with van der Waals surface area (Å²) in [6.45, 7) is 19.9. The van der Waals surface area contributed by atoms with Gasteiger partial charge in [-0.3, -0.25) is 0 Å². The summed E-state index contributed by atoms with van der Waals surface area (Å²) in [4.78, 5) is 0. The lowest BCUT2D eigenvalue weighted by Crippen LogP contribution is -2.13. The number of aromatic nitrogens is 2. The van der Waals surface area contributed by atoms with Crippen molar-refractivity contribution in [2.45, 2.75) is 66.8 Å². The minimum absolute atomic E-state index is 0.216. The third-order valence-electron chi connectivity index (χ3n) is 12.5. The minimum Gasteiger partial charge on any atom is -0.398 e. The number of hydrogen-bond acceptors (Lipinski definition) is 2. The van der Waals surface area contributed by atoms with Crippen LogP contribution in [0.15, 0.2) is 213 Å². The van der Waals surface area contributed by atoms with Crippen LogP contribution in [0.1, 0.15) is 87.0 Å². The molecule has 2 heterocycles. The number of nitrogens with zero attached hydrogens (tertiary/aromatic N) is 2. The average Bonchev–Trinajstić information content (AvgIpc) is 3.92. The van der Waals surface area contributed by atoms with Gasteiger partial charge in [0.2, 0.25) is 0 Å². The quantitative estimate of drug-likeness (QED) is 0.124. The molecule has 1 aliphatic rings. The minimum atomic E-state index is -0.216. The molecule has 1 unspecified atom stereocenters. The van der Waals surface area contributed by atoms with Crippen molar-refractivity contribution >= 4 is 67.0 Å². The van der Waals surface area contributed by atoms with Crippen molar-refractivity contribution in [2.24, 2.45) is 5.73 Å². The summed E-state index contributed by atoms with van der Waals surface area (Å²) >= 11 is 0. The van der Waals surface area contributed by atoms with E-state index in [0.717, 1.165) is 29.7 Å². The fourth-order valence-corrected chi connectivity index (χ4v) is 9.20. The summed E-state index contributed by atoms with van der Waals surface area (Å²) in [7, 11) is 0. The second-order valence-electron chi connectivity index (χ2n) is 17.3. The van der Waals surface area contributed by atoms with Crippen LogP contribution in [0.4, 0.5) is 5.69 Å². The number of para-hydroxylation sites is 3. The van der Waals surface area contributed by atoms with Crippen LogP contribution in [0.3, 0.4) is 0 Å². The van der Waals surface area contributed by atoms with E-state index in [-0.39, 0.29) is 6.04 Å². The van der Waals surface area contributed by atoms with Gasteiger partial charge in [-0.1, -0.05) is 211 Å². The van der Waals surface area contributed by atoms with E-state index >= 15 is 0 Å². The zero-order chi connectivity index (χ0) is 49.6. The summed E-state index contributed by atoms with van der Waals surface area (Å²) in [5.41, 5.74) is 29.3. The molecule has 352 valence electrons. The fourth-order valence-electron chi connectivity index (χ4n) is 9.20. The molecule has 11 rings (SSSR count). The van der Waals surface area contributed by atoms with Crippen LogP contribution in [0.5, 0.6) is 0 Å². The van der Waals surface area contributed by atoms with Crippen molar-refractivity contribution in [2.75, 3.05) is 5.73 Å². The first kappa shape index (κ1) is 50.0. The van der Waals surface area contributed by atoms with E-state index in [1.165, 1.54) is 94.7 Å². The van der Waals surface area contributed by atoms with Gasteiger partial charge in [0.15, 0.2) is 0 Å². The van der Waals surface area contributed by atoms with E-state index in [1.54, 1.807) is 6.08 Å². The van der Waals surface area contributed by atoms with Crippen molar-refractivity contribution in [3.8, 4) is 16.8 Å². The van der Waals surface area contributed by atoms with Crippen molar-refractivity contribution in [1.29, 1.82) is 0 Å². The van der Waals surface area contributed by atoms with Gasteiger partial charge in [-0.05, 0) is 119 Å². The predicted octanol–water partition coefficient (Wildman–Crippen LogP) is 18.0. The Bertz CT molecular complexity index is 3410. The molecule has 0 amide bonds. The molecule has 10 aromatic rings. The van der Waals surface area contributed by atoms with E-state index in [2.05, 4.69) is 207 Å². The number of nitrogens with two attached hydrogens (primary N) is 2. The number of allylic oxidation sites excluding steroid dienone is 4. The first-order valence-electron chi connectivity index (χ1n) is 24.8. The number of aryl methyl sites for hydroxylation is 1. The van der Waals surface area contributed by atoms with Gasteiger partial charge in [-0.25, -0.2) is 0 Å². The lowest BCUT2D eigenvalue weighted by atomic mass is 9.91. The van der Waals surface area contributed by atoms with Gasteiger partial charge in [0.05, 0.1) is 22.6 Å². The van der Waals surface area contributed by atoms with Crippen LogP contribution < -0.4 is 11.5 Å². The lowest BCUT2D eigenvalue weighted by molar-refractivity contribution is 0.875. The Morgan fingerprint density at radius 1 is 0.600 bits per heavy atom. The predicted molar refractivity (Wildman–Crippen MR) is 309 cm³/mol. The van der Waals surface area contributed by atoms with Crippen LogP contribution in [0.25, 0.3) is 78.1 Å². The molecule has 70 heavy (non-hydrogen) atoms. The Kier molecular flexibility index (Phi) is 17.0. The molecule has 1 aliphatic carbocycles. The second kappa shape index (κ2) is 23.9. The van der Waals surface area contributed by atoms with Gasteiger partial charge in [0.25, 0.3) is 0 Å². The van der Waals surface area contributed by atoms with Crippen molar-refractivity contribution in [1.82, 2.24) is 9.13 Å². The summed E-state index contributed by atoms with van der Waals surface area (Å²) in [5, 5.41) is 6.37. The highest BCUT2D eigenvalue weighted by Gasteiger charge is 2.22. The molecule has 8 aromatic carbocycles. The SMILES string of the molecule is C=C/C=C\C.C=Cn1c2ccccc2c2ccc(C3=Cc4c(n(-c5ccc(C)cc5)c5ccccc45)CC3)cc21.CC.CCC.Nc1ccccc1C(N)c1ccc(-c2ccc3ccccc3c2)cc1. The summed E-state index contributed by atoms with van der Waals surface area (Å²) in [5.74, 6) is 0. The van der Waals surface area contributed by atoms with Gasteiger partial charge >= 0.3 is 0 Å². The normalized spacial score (nSPS) is 12.0. The van der Waals surface area contributed by atoms with Crippen LogP contribution in [0, 0.1) is 6.92 Å². The van der Waals surface area contributed by atoms with Crippen LogP contribution in [0.2, 0.25) is 0 Å². The molecular weight excluding hydrogens is 849 g/mol. The number of fused-ring (bicyclic) bond motifs is 7. The van der Waals surface area contributed by atoms with E-state index in [0.29, 0.717) is 0 Å². The number of hydrogen-bond donors (Lipinski definition) is 2. The highest BCUT2D eigenvalue weighted by Crippen LogP contribution is 2.40.